The van der Waals surface area contributed by atoms with E-state index in [4.69, 9.17) is 4.74 Å². The van der Waals surface area contributed by atoms with Gasteiger partial charge in [-0.15, -0.1) is 0 Å². The second-order valence-electron chi connectivity index (χ2n) is 6.93. The number of carbonyl (C=O) groups excluding carboxylic acids is 2. The van der Waals surface area contributed by atoms with Crippen molar-refractivity contribution in [2.75, 3.05) is 17.7 Å². The van der Waals surface area contributed by atoms with Crippen LogP contribution in [0.5, 0.6) is 5.75 Å². The lowest BCUT2D eigenvalue weighted by molar-refractivity contribution is -0.123. The van der Waals surface area contributed by atoms with Crippen molar-refractivity contribution >= 4 is 35.1 Å². The quantitative estimate of drug-likeness (QED) is 0.404. The van der Waals surface area contributed by atoms with E-state index in [9.17, 15) is 14.4 Å². The highest BCUT2D eigenvalue weighted by Crippen LogP contribution is 2.31. The molecule has 2 aromatic carbocycles. The standard InChI is InChI=1S/C22H20N4O4S/c1-30-15-9-7-14(8-10-15)23-20(28)16-11-17(27)24-19-18(16)21(29)26-22(25-19)31-12-13-5-3-2-4-6-13/h2-10,16H,11-12H2,1H3,(H,23,28)(H2,24,25,26,27,29). The molecular formula is C22H20N4O4S. The summed E-state index contributed by atoms with van der Waals surface area (Å²) in [5.74, 6) is -0.349. The highest BCUT2D eigenvalue weighted by atomic mass is 32.2. The molecule has 158 valence electrons. The Kier molecular flexibility index (Phi) is 6.03. The maximum atomic E-state index is 12.9. The summed E-state index contributed by atoms with van der Waals surface area (Å²) in [5.41, 5.74) is 1.34. The van der Waals surface area contributed by atoms with E-state index in [1.165, 1.54) is 11.8 Å². The molecule has 4 rings (SSSR count). The zero-order valence-electron chi connectivity index (χ0n) is 16.7. The van der Waals surface area contributed by atoms with Crippen molar-refractivity contribution in [1.29, 1.82) is 0 Å². The van der Waals surface area contributed by atoms with E-state index in [1.54, 1.807) is 31.4 Å². The molecule has 0 aliphatic carbocycles. The Morgan fingerprint density at radius 2 is 1.90 bits per heavy atom. The van der Waals surface area contributed by atoms with Crippen LogP contribution in [0.25, 0.3) is 0 Å². The number of anilines is 2. The molecule has 8 nitrogen and oxygen atoms in total. The number of hydrogen-bond acceptors (Lipinski definition) is 6. The Bertz CT molecular complexity index is 1160. The lowest BCUT2D eigenvalue weighted by atomic mass is 9.92. The van der Waals surface area contributed by atoms with Gasteiger partial charge in [-0.3, -0.25) is 14.4 Å². The number of thioether (sulfide) groups is 1. The van der Waals surface area contributed by atoms with E-state index in [-0.39, 0.29) is 23.7 Å². The fourth-order valence-electron chi connectivity index (χ4n) is 3.27. The number of nitrogens with zero attached hydrogens (tertiary/aromatic N) is 1. The summed E-state index contributed by atoms with van der Waals surface area (Å²) in [5, 5.41) is 5.75. The Morgan fingerprint density at radius 1 is 1.16 bits per heavy atom. The molecule has 1 aliphatic heterocycles. The summed E-state index contributed by atoms with van der Waals surface area (Å²) >= 11 is 1.35. The van der Waals surface area contributed by atoms with E-state index in [0.29, 0.717) is 22.3 Å². The number of rotatable bonds is 6. The number of nitrogens with one attached hydrogen (secondary N) is 3. The Morgan fingerprint density at radius 3 is 2.61 bits per heavy atom. The van der Waals surface area contributed by atoms with Crippen LogP contribution >= 0.6 is 11.8 Å². The van der Waals surface area contributed by atoms with Gasteiger partial charge in [-0.05, 0) is 29.8 Å². The van der Waals surface area contributed by atoms with E-state index in [1.807, 2.05) is 30.3 Å². The third-order valence-electron chi connectivity index (χ3n) is 4.82. The van der Waals surface area contributed by atoms with Crippen LogP contribution in [0.4, 0.5) is 11.5 Å². The van der Waals surface area contributed by atoms with Crippen LogP contribution in [0.1, 0.15) is 23.5 Å². The van der Waals surface area contributed by atoms with Crippen LogP contribution in [-0.2, 0) is 15.3 Å². The smallest absolute Gasteiger partial charge is 0.257 e. The lowest BCUT2D eigenvalue weighted by Crippen LogP contribution is -2.36. The van der Waals surface area contributed by atoms with Crippen LogP contribution in [-0.4, -0.2) is 28.9 Å². The second-order valence-corrected chi connectivity index (χ2v) is 7.89. The molecule has 3 N–H and O–H groups in total. The lowest BCUT2D eigenvalue weighted by Gasteiger charge is -2.23. The average Bonchev–Trinajstić information content (AvgIpc) is 2.78. The molecule has 0 radical (unpaired) electrons. The van der Waals surface area contributed by atoms with Gasteiger partial charge < -0.3 is 20.4 Å². The second kappa shape index (κ2) is 9.05. The van der Waals surface area contributed by atoms with Gasteiger partial charge in [0, 0.05) is 17.9 Å². The highest BCUT2D eigenvalue weighted by Gasteiger charge is 2.34. The molecule has 1 atom stereocenters. The monoisotopic (exact) mass is 436 g/mol. The molecule has 1 aromatic heterocycles. The summed E-state index contributed by atoms with van der Waals surface area (Å²) in [7, 11) is 1.55. The first kappa shape index (κ1) is 20.7. The maximum Gasteiger partial charge on any atom is 0.257 e. The molecule has 0 spiro atoms. The first-order chi connectivity index (χ1) is 15.0. The molecule has 2 amide bonds. The van der Waals surface area contributed by atoms with E-state index < -0.39 is 17.4 Å². The van der Waals surface area contributed by atoms with Crippen LogP contribution in [0.2, 0.25) is 0 Å². The van der Waals surface area contributed by atoms with Crippen LogP contribution in [0, 0.1) is 0 Å². The minimum atomic E-state index is -0.935. The van der Waals surface area contributed by atoms with Crippen LogP contribution in [0.3, 0.4) is 0 Å². The van der Waals surface area contributed by atoms with Gasteiger partial charge in [0.1, 0.15) is 11.6 Å². The number of hydrogen-bond donors (Lipinski definition) is 3. The van der Waals surface area contributed by atoms with Crippen molar-refractivity contribution < 1.29 is 14.3 Å². The Hall–Kier alpha value is -3.59. The fourth-order valence-corrected chi connectivity index (χ4v) is 4.09. The zero-order chi connectivity index (χ0) is 21.8. The van der Waals surface area contributed by atoms with Gasteiger partial charge in [0.2, 0.25) is 11.8 Å². The number of methoxy groups -OCH3 is 1. The van der Waals surface area contributed by atoms with Gasteiger partial charge in [0.05, 0.1) is 18.6 Å². The number of ether oxygens (including phenoxy) is 1. The number of aromatic amines is 1. The summed E-state index contributed by atoms with van der Waals surface area (Å²) < 4.78 is 5.10. The van der Waals surface area contributed by atoms with Crippen molar-refractivity contribution in [2.45, 2.75) is 23.2 Å². The third kappa shape index (κ3) is 4.77. The predicted molar refractivity (Wildman–Crippen MR) is 118 cm³/mol. The van der Waals surface area contributed by atoms with Crippen LogP contribution in [0.15, 0.2) is 64.5 Å². The van der Waals surface area contributed by atoms with Crippen molar-refractivity contribution in [3.8, 4) is 5.75 Å². The SMILES string of the molecule is COc1ccc(NC(=O)C2CC(=O)Nc3nc(SCc4ccccc4)[nH]c(=O)c32)cc1. The van der Waals surface area contributed by atoms with Crippen molar-refractivity contribution in [2.24, 2.45) is 0 Å². The molecule has 2 heterocycles. The number of aromatic nitrogens is 2. The summed E-state index contributed by atoms with van der Waals surface area (Å²) in [6.45, 7) is 0. The molecule has 3 aromatic rings. The normalized spacial score (nSPS) is 15.0. The van der Waals surface area contributed by atoms with Gasteiger partial charge in [0.25, 0.3) is 5.56 Å². The molecule has 0 fully saturated rings. The Balaban J connectivity index is 1.55. The largest absolute Gasteiger partial charge is 0.497 e. The van der Waals surface area contributed by atoms with Gasteiger partial charge in [-0.1, -0.05) is 42.1 Å². The molecule has 1 unspecified atom stereocenters. The molecule has 0 bridgehead atoms. The number of H-pyrrole nitrogens is 1. The van der Waals surface area contributed by atoms with Crippen molar-refractivity contribution in [1.82, 2.24) is 9.97 Å². The number of fused-ring (bicyclic) bond motifs is 1. The van der Waals surface area contributed by atoms with Gasteiger partial charge in [0.15, 0.2) is 5.16 Å². The fraction of sp³-hybridized carbons (Fsp3) is 0.182. The summed E-state index contributed by atoms with van der Waals surface area (Å²) in [6, 6.07) is 16.5. The average molecular weight is 436 g/mol. The van der Waals surface area contributed by atoms with E-state index in [2.05, 4.69) is 20.6 Å². The summed E-state index contributed by atoms with van der Waals surface area (Å²) in [6.07, 6.45) is -0.129. The van der Waals surface area contributed by atoms with Gasteiger partial charge in [-0.25, -0.2) is 4.98 Å². The number of amides is 2. The molecular weight excluding hydrogens is 416 g/mol. The predicted octanol–water partition coefficient (Wildman–Crippen LogP) is 3.14. The minimum absolute atomic E-state index is 0.129. The molecule has 0 saturated carbocycles. The number of benzene rings is 2. The molecule has 31 heavy (non-hydrogen) atoms. The zero-order valence-corrected chi connectivity index (χ0v) is 17.5. The van der Waals surface area contributed by atoms with E-state index >= 15 is 0 Å². The first-order valence-corrected chi connectivity index (χ1v) is 10.6. The maximum absolute atomic E-state index is 12.9. The van der Waals surface area contributed by atoms with Gasteiger partial charge >= 0.3 is 0 Å². The topological polar surface area (TPSA) is 113 Å². The summed E-state index contributed by atoms with van der Waals surface area (Å²) in [4.78, 5) is 45.0. The van der Waals surface area contributed by atoms with E-state index in [0.717, 1.165) is 5.56 Å². The molecule has 0 saturated heterocycles. The van der Waals surface area contributed by atoms with Crippen molar-refractivity contribution in [3.63, 3.8) is 0 Å². The van der Waals surface area contributed by atoms with Crippen LogP contribution < -0.4 is 20.9 Å². The first-order valence-electron chi connectivity index (χ1n) is 9.59. The third-order valence-corrected chi connectivity index (χ3v) is 5.77. The molecule has 9 heteroatoms. The highest BCUT2D eigenvalue weighted by molar-refractivity contribution is 7.98. The minimum Gasteiger partial charge on any atom is -0.497 e. The Labute approximate surface area is 182 Å². The molecule has 1 aliphatic rings. The van der Waals surface area contributed by atoms with Gasteiger partial charge in [-0.2, -0.15) is 0 Å². The van der Waals surface area contributed by atoms with Crippen molar-refractivity contribution in [3.05, 3.63) is 76.1 Å². The number of carbonyl (C=O) groups is 2.